The van der Waals surface area contributed by atoms with Crippen molar-refractivity contribution in [3.8, 4) is 0 Å². The highest BCUT2D eigenvalue weighted by Gasteiger charge is 2.54. The molecule has 0 radical (unpaired) electrons. The van der Waals surface area contributed by atoms with Crippen LogP contribution in [0.25, 0.3) is 0 Å². The Morgan fingerprint density at radius 3 is 2.14 bits per heavy atom. The molecule has 0 spiro atoms. The van der Waals surface area contributed by atoms with E-state index in [9.17, 15) is 9.59 Å². The predicted molar refractivity (Wildman–Crippen MR) is 75.0 cm³/mol. The Kier molecular flexibility index (Phi) is 3.85. The molecule has 1 aromatic rings. The number of methoxy groups -OCH3 is 2. The molecule has 7 nitrogen and oxygen atoms in total. The third kappa shape index (κ3) is 2.32. The number of rotatable bonds is 3. The average Bonchev–Trinajstić information content (AvgIpc) is 2.86. The molecule has 0 saturated heterocycles. The van der Waals surface area contributed by atoms with Crippen LogP contribution in [-0.4, -0.2) is 50.2 Å². The number of hydrogen-bond donors (Lipinski definition) is 0. The molecular weight excluding hydrogens is 274 g/mol. The molecule has 7 heteroatoms. The van der Waals surface area contributed by atoms with E-state index in [4.69, 9.17) is 9.47 Å². The number of anilines is 1. The van der Waals surface area contributed by atoms with E-state index in [2.05, 4.69) is 9.97 Å². The Labute approximate surface area is 123 Å². The molecule has 1 aromatic heterocycles. The van der Waals surface area contributed by atoms with Gasteiger partial charge in [0.15, 0.2) is 5.41 Å². The number of fused-ring (bicyclic) bond motifs is 1. The van der Waals surface area contributed by atoms with E-state index in [-0.39, 0.29) is 12.8 Å². The second-order valence-corrected chi connectivity index (χ2v) is 5.35. The fourth-order valence-electron chi connectivity index (χ4n) is 2.63. The van der Waals surface area contributed by atoms with E-state index in [0.717, 1.165) is 11.3 Å². The van der Waals surface area contributed by atoms with Crippen LogP contribution in [0.3, 0.4) is 0 Å². The van der Waals surface area contributed by atoms with Crippen molar-refractivity contribution in [2.75, 3.05) is 33.2 Å². The van der Waals surface area contributed by atoms with E-state index in [1.165, 1.54) is 14.2 Å². The Morgan fingerprint density at radius 1 is 1.10 bits per heavy atom. The van der Waals surface area contributed by atoms with E-state index in [1.807, 2.05) is 21.0 Å². The third-order valence-corrected chi connectivity index (χ3v) is 3.79. The molecular formula is C14H19N3O4. The fraction of sp³-hybridized carbons (Fsp3) is 0.571. The van der Waals surface area contributed by atoms with Gasteiger partial charge in [-0.05, 0) is 12.5 Å². The van der Waals surface area contributed by atoms with Crippen LogP contribution in [-0.2, 0) is 31.9 Å². The zero-order valence-corrected chi connectivity index (χ0v) is 12.9. The monoisotopic (exact) mass is 293 g/mol. The maximum absolute atomic E-state index is 12.2. The van der Waals surface area contributed by atoms with Crippen LogP contribution >= 0.6 is 0 Å². The molecule has 0 unspecified atom stereocenters. The maximum Gasteiger partial charge on any atom is 0.323 e. The van der Waals surface area contributed by atoms with Crippen LogP contribution < -0.4 is 4.90 Å². The summed E-state index contributed by atoms with van der Waals surface area (Å²) in [5, 5.41) is 0. The fourth-order valence-corrected chi connectivity index (χ4v) is 2.63. The molecule has 21 heavy (non-hydrogen) atoms. The van der Waals surface area contributed by atoms with Gasteiger partial charge in [0.05, 0.1) is 19.9 Å². The maximum atomic E-state index is 12.2. The number of aryl methyl sites for hydroxylation is 1. The number of carbonyl (C=O) groups is 2. The smallest absolute Gasteiger partial charge is 0.323 e. The minimum absolute atomic E-state index is 0.172. The summed E-state index contributed by atoms with van der Waals surface area (Å²) in [4.78, 5) is 34.9. The van der Waals surface area contributed by atoms with Gasteiger partial charge in [0.2, 0.25) is 5.95 Å². The van der Waals surface area contributed by atoms with Crippen molar-refractivity contribution >= 4 is 17.9 Å². The minimum Gasteiger partial charge on any atom is -0.468 e. The number of nitrogens with zero attached hydrogens (tertiary/aromatic N) is 3. The van der Waals surface area contributed by atoms with Crippen molar-refractivity contribution < 1.29 is 19.1 Å². The van der Waals surface area contributed by atoms with Crippen molar-refractivity contribution in [3.05, 3.63) is 17.0 Å². The van der Waals surface area contributed by atoms with Crippen LogP contribution in [0.15, 0.2) is 0 Å². The molecule has 2 rings (SSSR count). The molecule has 0 atom stereocenters. The zero-order valence-electron chi connectivity index (χ0n) is 12.9. The Morgan fingerprint density at radius 2 is 1.67 bits per heavy atom. The van der Waals surface area contributed by atoms with Crippen LogP contribution in [0.4, 0.5) is 5.95 Å². The molecule has 114 valence electrons. The van der Waals surface area contributed by atoms with Gasteiger partial charge in [0.1, 0.15) is 0 Å². The van der Waals surface area contributed by atoms with Crippen molar-refractivity contribution in [1.29, 1.82) is 0 Å². The summed E-state index contributed by atoms with van der Waals surface area (Å²) in [6, 6.07) is 0. The van der Waals surface area contributed by atoms with Crippen LogP contribution in [0.5, 0.6) is 0 Å². The molecule has 1 aliphatic rings. The topological polar surface area (TPSA) is 81.6 Å². The second-order valence-electron chi connectivity index (χ2n) is 5.35. The summed E-state index contributed by atoms with van der Waals surface area (Å²) in [5.41, 5.74) is 0.924. The summed E-state index contributed by atoms with van der Waals surface area (Å²) in [6.07, 6.45) is 0.382. The lowest BCUT2D eigenvalue weighted by Crippen LogP contribution is -2.42. The highest BCUT2D eigenvalue weighted by Crippen LogP contribution is 2.39. The largest absolute Gasteiger partial charge is 0.468 e. The lowest BCUT2D eigenvalue weighted by atomic mass is 9.85. The Balaban J connectivity index is 2.51. The van der Waals surface area contributed by atoms with Gasteiger partial charge in [-0.25, -0.2) is 9.97 Å². The molecule has 0 aliphatic heterocycles. The number of ether oxygens (including phenoxy) is 2. The minimum atomic E-state index is -1.35. The number of esters is 2. The van der Waals surface area contributed by atoms with Gasteiger partial charge in [-0.2, -0.15) is 0 Å². The molecule has 0 aromatic carbocycles. The number of carbonyl (C=O) groups excluding carboxylic acids is 2. The molecule has 0 saturated carbocycles. The summed E-state index contributed by atoms with van der Waals surface area (Å²) in [5.74, 6) is -0.645. The van der Waals surface area contributed by atoms with E-state index in [0.29, 0.717) is 11.6 Å². The van der Waals surface area contributed by atoms with Gasteiger partial charge in [0, 0.05) is 32.6 Å². The van der Waals surface area contributed by atoms with Gasteiger partial charge < -0.3 is 14.4 Å². The third-order valence-electron chi connectivity index (χ3n) is 3.79. The van der Waals surface area contributed by atoms with Gasteiger partial charge in [-0.3, -0.25) is 9.59 Å². The number of hydrogen-bond acceptors (Lipinski definition) is 7. The Bertz CT molecular complexity index is 582. The van der Waals surface area contributed by atoms with Crippen LogP contribution in [0.2, 0.25) is 0 Å². The first-order valence-electron chi connectivity index (χ1n) is 6.56. The molecule has 1 heterocycles. The SMILES string of the molecule is COC(=O)C1(C(=O)OC)Cc2nc(N(C)C)nc(C)c2C1. The van der Waals surface area contributed by atoms with E-state index >= 15 is 0 Å². The zero-order chi connectivity index (χ0) is 15.8. The van der Waals surface area contributed by atoms with Gasteiger partial charge in [-0.15, -0.1) is 0 Å². The molecule has 1 aliphatic carbocycles. The molecule has 0 amide bonds. The van der Waals surface area contributed by atoms with Crippen molar-refractivity contribution in [3.63, 3.8) is 0 Å². The first-order valence-corrected chi connectivity index (χ1v) is 6.56. The van der Waals surface area contributed by atoms with Crippen LogP contribution in [0.1, 0.15) is 17.0 Å². The summed E-state index contributed by atoms with van der Waals surface area (Å²) >= 11 is 0. The quantitative estimate of drug-likeness (QED) is 0.585. The van der Waals surface area contributed by atoms with Crippen molar-refractivity contribution in [1.82, 2.24) is 9.97 Å². The van der Waals surface area contributed by atoms with Gasteiger partial charge in [-0.1, -0.05) is 0 Å². The standard InChI is InChI=1S/C14H19N3O4/c1-8-9-6-14(11(18)20-4,12(19)21-5)7-10(9)16-13(15-8)17(2)3/h6-7H2,1-5H3. The first kappa shape index (κ1) is 15.2. The Hall–Kier alpha value is -2.18. The van der Waals surface area contributed by atoms with E-state index < -0.39 is 17.4 Å². The lowest BCUT2D eigenvalue weighted by molar-refractivity contribution is -0.168. The average molecular weight is 293 g/mol. The lowest BCUT2D eigenvalue weighted by Gasteiger charge is -2.22. The van der Waals surface area contributed by atoms with E-state index in [1.54, 1.807) is 4.90 Å². The molecule has 0 fully saturated rings. The molecule has 0 N–H and O–H groups in total. The summed E-state index contributed by atoms with van der Waals surface area (Å²) in [6.45, 7) is 1.85. The molecule has 0 bridgehead atoms. The number of aromatic nitrogens is 2. The predicted octanol–water partition coefficient (Wildman–Crippen LogP) is 0.282. The summed E-state index contributed by atoms with van der Waals surface area (Å²) in [7, 11) is 6.20. The van der Waals surface area contributed by atoms with Gasteiger partial charge >= 0.3 is 11.9 Å². The van der Waals surface area contributed by atoms with Crippen molar-refractivity contribution in [2.24, 2.45) is 5.41 Å². The summed E-state index contributed by atoms with van der Waals surface area (Å²) < 4.78 is 9.62. The van der Waals surface area contributed by atoms with Gasteiger partial charge in [0.25, 0.3) is 0 Å². The normalized spacial score (nSPS) is 15.3. The van der Waals surface area contributed by atoms with Crippen molar-refractivity contribution in [2.45, 2.75) is 19.8 Å². The van der Waals surface area contributed by atoms with Crippen LogP contribution in [0, 0.1) is 12.3 Å². The highest BCUT2D eigenvalue weighted by molar-refractivity contribution is 6.01. The first-order chi connectivity index (χ1) is 9.85. The second kappa shape index (κ2) is 5.31. The highest BCUT2D eigenvalue weighted by atomic mass is 16.5.